The number of hydrogen-bond donors (Lipinski definition) is 2. The van der Waals surface area contributed by atoms with Crippen LogP contribution >= 0.6 is 43.3 Å². The molecule has 0 aliphatic carbocycles. The van der Waals surface area contributed by atoms with Crippen LogP contribution in [0.15, 0.2) is 49.1 Å². The second kappa shape index (κ2) is 12.5. The van der Waals surface area contributed by atoms with Gasteiger partial charge in [0.25, 0.3) is 0 Å². The predicted molar refractivity (Wildman–Crippen MR) is 75.0 cm³/mol. The van der Waals surface area contributed by atoms with Gasteiger partial charge in [0, 0.05) is 33.8 Å². The molecule has 7 heteroatoms. The molecule has 0 atom stereocenters. The average molecular weight is 488 g/mol. The molecule has 0 aliphatic heterocycles. The van der Waals surface area contributed by atoms with Crippen molar-refractivity contribution in [2.24, 2.45) is 0 Å². The zero-order valence-electron chi connectivity index (χ0n) is 8.51. The summed E-state index contributed by atoms with van der Waals surface area (Å²) < 4.78 is 1.75. The van der Waals surface area contributed by atoms with Gasteiger partial charge in [-0.15, -0.1) is 0 Å². The molecule has 0 spiro atoms. The normalized spacial score (nSPS) is 8.35. The maximum atomic E-state index is 4.88. The molecule has 0 bridgehead atoms. The first-order valence-electron chi connectivity index (χ1n) is 4.29. The number of H-pyrrole nitrogens is 2. The first-order chi connectivity index (χ1) is 8.20. The summed E-state index contributed by atoms with van der Waals surface area (Å²) in [5, 5.41) is 0. The molecule has 0 aromatic carbocycles. The Labute approximate surface area is 127 Å². The van der Waals surface area contributed by atoms with Crippen molar-refractivity contribution in [1.82, 2.24) is 9.97 Å². The van der Waals surface area contributed by atoms with Crippen LogP contribution in [0.4, 0.5) is 0 Å². The van der Waals surface area contributed by atoms with Crippen molar-refractivity contribution >= 4 is 43.3 Å². The molecule has 2 aromatic rings. The molecule has 0 fully saturated rings. The van der Waals surface area contributed by atoms with Gasteiger partial charge < -0.3 is 9.97 Å². The molecule has 2 rings (SSSR count). The van der Waals surface area contributed by atoms with E-state index in [1.54, 1.807) is 0 Å². The molecular weight excluding hydrogens is 478 g/mol. The van der Waals surface area contributed by atoms with Crippen LogP contribution in [0, 0.1) is 9.02 Å². The fourth-order valence-electron chi connectivity index (χ4n) is 0.743. The van der Waals surface area contributed by atoms with Gasteiger partial charge in [-0.1, -0.05) is 24.4 Å². The minimum atomic E-state index is -0.472. The van der Waals surface area contributed by atoms with E-state index in [9.17, 15) is 0 Å². The van der Waals surface area contributed by atoms with Gasteiger partial charge in [-0.2, -0.15) is 0 Å². The number of aromatic nitrogens is 2. The van der Waals surface area contributed by atoms with Crippen LogP contribution in [0.2, 0.25) is 0 Å². The number of rotatable bonds is 0. The molecule has 2 aromatic heterocycles. The molecule has 96 valence electrons. The van der Waals surface area contributed by atoms with Gasteiger partial charge in [-0.05, 0) is 24.3 Å². The summed E-state index contributed by atoms with van der Waals surface area (Å²) in [6.45, 7) is 0. The fraction of sp³-hybridized carbons (Fsp3) is 0. The zero-order valence-corrected chi connectivity index (χ0v) is 13.9. The molecule has 0 saturated heterocycles. The van der Waals surface area contributed by atoms with Crippen LogP contribution in [-0.4, -0.2) is 9.97 Å². The van der Waals surface area contributed by atoms with Crippen molar-refractivity contribution in [2.45, 2.75) is 0 Å². The molecule has 17 heavy (non-hydrogen) atoms. The quantitative estimate of drug-likeness (QED) is 0.519. The second-order valence-electron chi connectivity index (χ2n) is 2.52. The van der Waals surface area contributed by atoms with Gasteiger partial charge in [0.1, 0.15) is 0 Å². The monoisotopic (exact) mass is 487 g/mol. The van der Waals surface area contributed by atoms with E-state index in [0.29, 0.717) is 0 Å². The van der Waals surface area contributed by atoms with Crippen LogP contribution in [0.3, 0.4) is 0 Å². The third kappa shape index (κ3) is 12.3. The predicted octanol–water partition coefficient (Wildman–Crippen LogP) is 4.86. The molecule has 0 saturated carbocycles. The van der Waals surface area contributed by atoms with Crippen molar-refractivity contribution in [1.29, 1.82) is 0 Å². The Morgan fingerprint density at radius 1 is 0.765 bits per heavy atom. The Morgan fingerprint density at radius 3 is 1.12 bits per heavy atom. The second-order valence-corrected chi connectivity index (χ2v) is 6.74. The maximum absolute atomic E-state index is 4.88. The van der Waals surface area contributed by atoms with Crippen LogP contribution < -0.4 is 0 Å². The fourth-order valence-corrected chi connectivity index (χ4v) is 1.02. The van der Waals surface area contributed by atoms with Gasteiger partial charge in [0.2, 0.25) is 0 Å². The third-order valence-corrected chi connectivity index (χ3v) is 1.92. The van der Waals surface area contributed by atoms with Crippen molar-refractivity contribution in [3.63, 3.8) is 0 Å². The van der Waals surface area contributed by atoms with E-state index in [0.717, 1.165) is 9.02 Å². The summed E-state index contributed by atoms with van der Waals surface area (Å²) in [5.74, 6) is 0. The molecule has 0 aliphatic rings. The summed E-state index contributed by atoms with van der Waals surface area (Å²) in [5.41, 5.74) is 0. The Morgan fingerprint density at radius 2 is 1.00 bits per heavy atom. The van der Waals surface area contributed by atoms with E-state index in [-0.39, 0.29) is 0 Å². The molecule has 0 unspecified atom stereocenters. The van der Waals surface area contributed by atoms with E-state index in [2.05, 4.69) is 9.97 Å². The van der Waals surface area contributed by atoms with Crippen molar-refractivity contribution in [2.75, 3.05) is 0 Å². The number of aromatic amines is 2. The zero-order chi connectivity index (χ0) is 12.9. The number of pyridine rings is 2. The van der Waals surface area contributed by atoms with Crippen LogP contribution in [0.5, 0.6) is 0 Å². The molecule has 2 heterocycles. The SMILES string of the molecule is S=c1cc[nH]cc1.S=c1cc[nH]cc1.[Cl][Pt][Cl]. The van der Waals surface area contributed by atoms with Gasteiger partial charge in [0.15, 0.2) is 0 Å². The molecule has 2 N–H and O–H groups in total. The summed E-state index contributed by atoms with van der Waals surface area (Å²) >= 11 is 9.11. The van der Waals surface area contributed by atoms with Crippen LogP contribution in [0.25, 0.3) is 0 Å². The number of nitrogens with one attached hydrogen (secondary N) is 2. The molecule has 0 radical (unpaired) electrons. The van der Waals surface area contributed by atoms with Gasteiger partial charge in [-0.3, -0.25) is 0 Å². The number of halogens is 2. The summed E-state index contributed by atoms with van der Waals surface area (Å²) in [7, 11) is 9.75. The summed E-state index contributed by atoms with van der Waals surface area (Å²) in [6.07, 6.45) is 7.23. The van der Waals surface area contributed by atoms with E-state index in [1.165, 1.54) is 0 Å². The summed E-state index contributed by atoms with van der Waals surface area (Å²) in [4.78, 5) is 5.73. The Kier molecular flexibility index (Phi) is 12.5. The first kappa shape index (κ1) is 17.0. The topological polar surface area (TPSA) is 31.6 Å². The van der Waals surface area contributed by atoms with Gasteiger partial charge in [-0.25, -0.2) is 0 Å². The van der Waals surface area contributed by atoms with E-state index < -0.39 is 16.5 Å². The van der Waals surface area contributed by atoms with Gasteiger partial charge in [0.05, 0.1) is 0 Å². The summed E-state index contributed by atoms with van der Waals surface area (Å²) in [6, 6.07) is 7.37. The van der Waals surface area contributed by atoms with Crippen molar-refractivity contribution in [3.8, 4) is 0 Å². The van der Waals surface area contributed by atoms with Crippen LogP contribution in [0.1, 0.15) is 0 Å². The first-order valence-corrected chi connectivity index (χ1v) is 10.7. The van der Waals surface area contributed by atoms with E-state index >= 15 is 0 Å². The minimum absolute atomic E-state index is 0.472. The average Bonchev–Trinajstić information content (AvgIpc) is 2.33. The van der Waals surface area contributed by atoms with Crippen molar-refractivity contribution < 1.29 is 16.5 Å². The Balaban J connectivity index is 0.000000247. The Bertz CT molecular complexity index is 421. The molecule has 0 amide bonds. The van der Waals surface area contributed by atoms with Crippen LogP contribution in [-0.2, 0) is 16.5 Å². The standard InChI is InChI=1S/2C5H5NS.2ClH.Pt/c2*7-5-1-3-6-4-2-5;;;/h2*1-4H,(H,6,7);2*1H;/q;;;;+2/p-2. The Hall–Kier alpha value is 0.00831. The van der Waals surface area contributed by atoms with Crippen molar-refractivity contribution in [3.05, 3.63) is 58.1 Å². The van der Waals surface area contributed by atoms with E-state index in [4.69, 9.17) is 43.3 Å². The van der Waals surface area contributed by atoms with Gasteiger partial charge >= 0.3 is 35.3 Å². The van der Waals surface area contributed by atoms with E-state index in [1.807, 2.05) is 49.1 Å². The number of hydrogen-bond acceptors (Lipinski definition) is 2. The molecular formula is C10H10Cl2N2PtS2. The molecule has 2 nitrogen and oxygen atoms in total. The third-order valence-electron chi connectivity index (χ3n) is 1.38.